The highest BCUT2D eigenvalue weighted by atomic mass is 16.5. The summed E-state index contributed by atoms with van der Waals surface area (Å²) in [6.07, 6.45) is 0. The predicted molar refractivity (Wildman–Crippen MR) is 405 cm³/mol. The van der Waals surface area contributed by atoms with Crippen LogP contribution in [0.1, 0.15) is 0 Å². The second-order valence-electron chi connectivity index (χ2n) is 23.6. The number of fused-ring (bicyclic) bond motifs is 9. The molecule has 0 bridgehead atoms. The molecule has 0 fully saturated rings. The third-order valence-corrected chi connectivity index (χ3v) is 17.5. The van der Waals surface area contributed by atoms with Crippen molar-refractivity contribution in [2.75, 3.05) is 0 Å². The lowest BCUT2D eigenvalue weighted by atomic mass is 10.1. The van der Waals surface area contributed by atoms with Crippen molar-refractivity contribution >= 4 is 88.5 Å². The van der Waals surface area contributed by atoms with Crippen molar-refractivity contribution in [3.05, 3.63) is 322 Å². The minimum absolute atomic E-state index is 0.529. The summed E-state index contributed by atoms with van der Waals surface area (Å²) in [6.45, 7) is 0. The monoisotopic (exact) mass is 1320 g/mol. The van der Waals surface area contributed by atoms with Crippen LogP contribution >= 0.6 is 0 Å². The van der Waals surface area contributed by atoms with Gasteiger partial charge < -0.3 is 29.0 Å². The molecular weight excluding hydrogens is 1270 g/mol. The Hall–Kier alpha value is -13.3. The number of para-hydroxylation sites is 3. The molecule has 0 spiro atoms. The minimum Gasteiger partial charge on any atom is -0.537 e. The van der Waals surface area contributed by atoms with Crippen molar-refractivity contribution in [2.45, 2.75) is 0 Å². The molecule has 19 heteroatoms. The standard InChI is InChI=1S/2C28H19BN3O2.C27H18BN4O2/c33-29-34-21-15-16-27-23(17-21)22-13-7-8-14-26(22)32(27)28-30-24(19-9-3-1-4-10-19)18-25(31-28)20-11-5-2-6-12-20;33-29-34-21-15-16-26-23(17-21)22-13-7-8-14-25(22)32(26)27-18-24(19-9-3-1-4-10-19)30-28(31-27)20-11-5-2-6-12-20;33-28-34-20-15-16-24-22(17-20)21-13-7-8-14-23(21)32(24)27-30-25(18-9-3-1-4-10-18)29-26(31-27)19-11-5-2-6-12-19/h2*1-18,33H;1-17,33H. The Morgan fingerprint density at radius 1 is 0.225 bits per heavy atom. The van der Waals surface area contributed by atoms with Gasteiger partial charge >= 0.3 is 23.1 Å². The molecule has 0 atom stereocenters. The first-order valence-corrected chi connectivity index (χ1v) is 32.8. The zero-order chi connectivity index (χ0) is 68.7. The van der Waals surface area contributed by atoms with Crippen molar-refractivity contribution in [1.82, 2.24) is 48.6 Å². The number of rotatable bonds is 15. The summed E-state index contributed by atoms with van der Waals surface area (Å²) in [4.78, 5) is 34.5. The van der Waals surface area contributed by atoms with Gasteiger partial charge in [0.2, 0.25) is 11.9 Å². The van der Waals surface area contributed by atoms with E-state index in [1.54, 1.807) is 0 Å². The Labute approximate surface area is 587 Å². The zero-order valence-corrected chi connectivity index (χ0v) is 54.4. The molecule has 6 heterocycles. The fraction of sp³-hybridized carbons (Fsp3) is 0. The van der Waals surface area contributed by atoms with Crippen LogP contribution in [0, 0.1) is 0 Å². The molecule has 16 nitrogen and oxygen atoms in total. The predicted octanol–water partition coefficient (Wildman–Crippen LogP) is 16.8. The highest BCUT2D eigenvalue weighted by Crippen LogP contribution is 2.39. The summed E-state index contributed by atoms with van der Waals surface area (Å²) in [5.74, 6) is 5.44. The third kappa shape index (κ3) is 12.7. The van der Waals surface area contributed by atoms with E-state index in [0.717, 1.165) is 122 Å². The molecule has 0 aliphatic rings. The Kier molecular flexibility index (Phi) is 17.8. The highest BCUT2D eigenvalue weighted by molar-refractivity contribution is 6.19. The van der Waals surface area contributed by atoms with Gasteiger partial charge in [0.05, 0.1) is 50.2 Å². The van der Waals surface area contributed by atoms with E-state index in [1.807, 2.05) is 259 Å². The van der Waals surface area contributed by atoms with Crippen LogP contribution in [0.2, 0.25) is 0 Å². The van der Waals surface area contributed by atoms with E-state index in [2.05, 4.69) is 75.9 Å². The van der Waals surface area contributed by atoms with Crippen LogP contribution in [0.4, 0.5) is 0 Å². The first-order valence-electron chi connectivity index (χ1n) is 32.8. The van der Waals surface area contributed by atoms with E-state index in [4.69, 9.17) is 63.9 Å². The lowest BCUT2D eigenvalue weighted by Gasteiger charge is -2.12. The maximum Gasteiger partial charge on any atom is 0.569 e. The second kappa shape index (κ2) is 28.6. The molecule has 0 saturated carbocycles. The molecule has 0 aliphatic carbocycles. The summed E-state index contributed by atoms with van der Waals surface area (Å²) in [7, 11) is 2.08. The van der Waals surface area contributed by atoms with Crippen molar-refractivity contribution in [3.8, 4) is 103 Å². The van der Waals surface area contributed by atoms with E-state index >= 15 is 0 Å². The van der Waals surface area contributed by atoms with Crippen molar-refractivity contribution in [1.29, 1.82) is 0 Å². The first kappa shape index (κ1) is 63.4. The zero-order valence-electron chi connectivity index (χ0n) is 54.4. The lowest BCUT2D eigenvalue weighted by molar-refractivity contribution is 0.453. The molecule has 102 heavy (non-hydrogen) atoms. The van der Waals surface area contributed by atoms with Crippen molar-refractivity contribution in [3.63, 3.8) is 0 Å². The highest BCUT2D eigenvalue weighted by Gasteiger charge is 2.22. The summed E-state index contributed by atoms with van der Waals surface area (Å²) >= 11 is 0. The van der Waals surface area contributed by atoms with Gasteiger partial charge in [-0.1, -0.05) is 237 Å². The normalized spacial score (nSPS) is 11.1. The molecule has 483 valence electrons. The number of aromatic nitrogens is 10. The maximum absolute atomic E-state index is 9.10. The maximum atomic E-state index is 9.10. The molecule has 18 aromatic rings. The second-order valence-corrected chi connectivity index (χ2v) is 23.6. The van der Waals surface area contributed by atoms with Crippen LogP contribution in [0.5, 0.6) is 17.2 Å². The van der Waals surface area contributed by atoms with Gasteiger partial charge in [0.25, 0.3) is 0 Å². The van der Waals surface area contributed by atoms with E-state index in [-0.39, 0.29) is 0 Å². The van der Waals surface area contributed by atoms with E-state index in [0.29, 0.717) is 69.7 Å². The summed E-state index contributed by atoms with van der Waals surface area (Å²) in [6, 6.07) is 106. The Morgan fingerprint density at radius 3 is 0.873 bits per heavy atom. The summed E-state index contributed by atoms with van der Waals surface area (Å²) < 4.78 is 21.9. The smallest absolute Gasteiger partial charge is 0.537 e. The van der Waals surface area contributed by atoms with Crippen molar-refractivity contribution in [2.24, 2.45) is 0 Å². The molecule has 3 radical (unpaired) electrons. The van der Waals surface area contributed by atoms with Crippen molar-refractivity contribution < 1.29 is 29.0 Å². The lowest BCUT2D eigenvalue weighted by Crippen LogP contribution is -2.06. The van der Waals surface area contributed by atoms with Gasteiger partial charge in [-0.15, -0.1) is 0 Å². The van der Waals surface area contributed by atoms with Gasteiger partial charge in [-0.05, 0) is 78.9 Å². The average Bonchev–Trinajstić information content (AvgIpc) is 1.60. The number of benzene rings is 12. The first-order chi connectivity index (χ1) is 50.4. The largest absolute Gasteiger partial charge is 0.569 e. The number of hydrogen-bond donors (Lipinski definition) is 3. The molecule has 3 N–H and O–H groups in total. The molecule has 12 aromatic carbocycles. The average molecular weight is 1320 g/mol. The van der Waals surface area contributed by atoms with Crippen LogP contribution in [-0.4, -0.2) is 86.7 Å². The Bertz CT molecular complexity index is 5260. The van der Waals surface area contributed by atoms with Gasteiger partial charge in [-0.25, -0.2) is 24.9 Å². The van der Waals surface area contributed by atoms with Crippen LogP contribution in [0.25, 0.3) is 151 Å². The minimum atomic E-state index is 0.529. The molecule has 0 amide bonds. The Balaban J connectivity index is 0.000000118. The van der Waals surface area contributed by atoms with Gasteiger partial charge in [-0.2, -0.15) is 9.97 Å². The molecule has 6 aromatic heterocycles. The third-order valence-electron chi connectivity index (χ3n) is 17.5. The Morgan fingerprint density at radius 2 is 0.510 bits per heavy atom. The topological polar surface area (TPSA) is 193 Å². The van der Waals surface area contributed by atoms with E-state index < -0.39 is 0 Å². The number of nitrogens with zero attached hydrogens (tertiary/aromatic N) is 10. The molecular formula is C83H56B3N10O6. The van der Waals surface area contributed by atoms with E-state index in [1.165, 1.54) is 0 Å². The molecule has 0 aliphatic heterocycles. The summed E-state index contributed by atoms with van der Waals surface area (Å²) in [5.41, 5.74) is 14.3. The van der Waals surface area contributed by atoms with Gasteiger partial charge in [0.15, 0.2) is 17.5 Å². The van der Waals surface area contributed by atoms with Gasteiger partial charge in [0.1, 0.15) is 23.1 Å². The van der Waals surface area contributed by atoms with E-state index in [9.17, 15) is 0 Å². The summed E-state index contributed by atoms with van der Waals surface area (Å²) in [5, 5.41) is 33.4. The van der Waals surface area contributed by atoms with Crippen LogP contribution < -0.4 is 14.0 Å². The fourth-order valence-electron chi connectivity index (χ4n) is 12.9. The van der Waals surface area contributed by atoms with Crippen LogP contribution in [0.3, 0.4) is 0 Å². The molecule has 0 unspecified atom stereocenters. The quantitative estimate of drug-likeness (QED) is 0.0822. The van der Waals surface area contributed by atoms with Crippen LogP contribution in [0.15, 0.2) is 322 Å². The SMILES string of the molecule is O[B]Oc1ccc2c(c1)c1ccccc1n2-c1cc(-c2ccccc2)nc(-c2ccccc2)n1.O[B]Oc1ccc2c(c1)c1ccccc1n2-c1nc(-c2ccccc2)cc(-c2ccccc2)n1.O[B]Oc1ccc2c(c1)c1ccccc1n2-c1nc(-c2ccccc2)nc(-c2ccccc2)n1. The fourth-order valence-corrected chi connectivity index (χ4v) is 12.9. The van der Waals surface area contributed by atoms with Gasteiger partial charge in [-0.3, -0.25) is 13.7 Å². The van der Waals surface area contributed by atoms with Crippen LogP contribution in [-0.2, 0) is 0 Å². The molecule has 18 rings (SSSR count). The molecule has 0 saturated heterocycles. The van der Waals surface area contributed by atoms with Gasteiger partial charge in [0, 0.05) is 71.8 Å². The number of hydrogen-bond acceptors (Lipinski definition) is 13.